The van der Waals surface area contributed by atoms with Crippen LogP contribution in [0.25, 0.3) is 0 Å². The van der Waals surface area contributed by atoms with Gasteiger partial charge in [-0.3, -0.25) is 9.59 Å². The van der Waals surface area contributed by atoms with Crippen LogP contribution in [-0.2, 0) is 9.59 Å². The number of nitrogens with one attached hydrogen (secondary N) is 1. The summed E-state index contributed by atoms with van der Waals surface area (Å²) in [7, 11) is 0. The van der Waals surface area contributed by atoms with Gasteiger partial charge < -0.3 is 10.2 Å². The van der Waals surface area contributed by atoms with Crippen molar-refractivity contribution >= 4 is 11.8 Å². The van der Waals surface area contributed by atoms with Crippen molar-refractivity contribution in [3.8, 4) is 0 Å². The predicted octanol–water partition coefficient (Wildman–Crippen LogP) is 3.99. The molecule has 136 valence electrons. The SMILES string of the molecule is CC(=O)N(CCC(=O)NC(C)c1ccccc1)CCC1=CCCCC1. The maximum atomic E-state index is 12.2. The van der Waals surface area contributed by atoms with Crippen molar-refractivity contribution in [1.82, 2.24) is 10.2 Å². The highest BCUT2D eigenvalue weighted by Gasteiger charge is 2.14. The van der Waals surface area contributed by atoms with Gasteiger partial charge in [0.05, 0.1) is 6.04 Å². The molecule has 0 saturated carbocycles. The molecule has 1 aliphatic rings. The Labute approximate surface area is 151 Å². The van der Waals surface area contributed by atoms with Gasteiger partial charge in [0.2, 0.25) is 11.8 Å². The number of allylic oxidation sites excluding steroid dienone is 1. The molecule has 0 aliphatic heterocycles. The van der Waals surface area contributed by atoms with E-state index in [9.17, 15) is 9.59 Å². The number of nitrogens with zero attached hydrogens (tertiary/aromatic N) is 1. The van der Waals surface area contributed by atoms with Crippen LogP contribution >= 0.6 is 0 Å². The third-order valence-electron chi connectivity index (χ3n) is 4.82. The molecule has 0 fully saturated rings. The third kappa shape index (κ3) is 6.73. The predicted molar refractivity (Wildman–Crippen MR) is 101 cm³/mol. The molecule has 1 N–H and O–H groups in total. The Morgan fingerprint density at radius 3 is 2.56 bits per heavy atom. The molecule has 4 nitrogen and oxygen atoms in total. The molecule has 0 aromatic heterocycles. The number of hydrogen-bond donors (Lipinski definition) is 1. The van der Waals surface area contributed by atoms with E-state index >= 15 is 0 Å². The fourth-order valence-electron chi connectivity index (χ4n) is 3.21. The highest BCUT2D eigenvalue weighted by atomic mass is 16.2. The van der Waals surface area contributed by atoms with Gasteiger partial charge in [-0.05, 0) is 44.6 Å². The first-order valence-corrected chi connectivity index (χ1v) is 9.34. The zero-order chi connectivity index (χ0) is 18.1. The lowest BCUT2D eigenvalue weighted by atomic mass is 9.97. The van der Waals surface area contributed by atoms with E-state index in [0.29, 0.717) is 19.5 Å². The molecule has 2 amide bonds. The molecule has 0 heterocycles. The largest absolute Gasteiger partial charge is 0.350 e. The van der Waals surface area contributed by atoms with E-state index in [2.05, 4.69) is 11.4 Å². The average molecular weight is 342 g/mol. The zero-order valence-electron chi connectivity index (χ0n) is 15.5. The standard InChI is InChI=1S/C21H30N2O2/c1-17(20-11-7-4-8-12-20)22-21(25)14-16-23(18(2)24)15-13-19-9-5-3-6-10-19/h4,7-9,11-12,17H,3,5-6,10,13-16H2,1-2H3,(H,22,25). The van der Waals surface area contributed by atoms with E-state index in [4.69, 9.17) is 0 Å². The van der Waals surface area contributed by atoms with Gasteiger partial charge in [0.15, 0.2) is 0 Å². The van der Waals surface area contributed by atoms with Crippen LogP contribution in [0.1, 0.15) is 64.0 Å². The van der Waals surface area contributed by atoms with Crippen molar-refractivity contribution in [3.05, 3.63) is 47.5 Å². The van der Waals surface area contributed by atoms with Gasteiger partial charge >= 0.3 is 0 Å². The fraction of sp³-hybridized carbons (Fsp3) is 0.524. The van der Waals surface area contributed by atoms with Gasteiger partial charge in [-0.2, -0.15) is 0 Å². The maximum Gasteiger partial charge on any atom is 0.222 e. The quantitative estimate of drug-likeness (QED) is 0.726. The van der Waals surface area contributed by atoms with Crippen molar-refractivity contribution in [1.29, 1.82) is 0 Å². The lowest BCUT2D eigenvalue weighted by Gasteiger charge is -2.23. The van der Waals surface area contributed by atoms with Crippen LogP contribution in [0.5, 0.6) is 0 Å². The number of hydrogen-bond acceptors (Lipinski definition) is 2. The second-order valence-electron chi connectivity index (χ2n) is 6.81. The number of rotatable bonds is 8. The van der Waals surface area contributed by atoms with Crippen LogP contribution in [-0.4, -0.2) is 29.8 Å². The summed E-state index contributed by atoms with van der Waals surface area (Å²) in [5.74, 6) is 0.0276. The smallest absolute Gasteiger partial charge is 0.222 e. The van der Waals surface area contributed by atoms with Gasteiger partial charge in [0.1, 0.15) is 0 Å². The van der Waals surface area contributed by atoms with Crippen molar-refractivity contribution in [2.24, 2.45) is 0 Å². The first kappa shape index (κ1) is 19.2. The molecule has 1 unspecified atom stereocenters. The molecular weight excluding hydrogens is 312 g/mol. The van der Waals surface area contributed by atoms with Gasteiger partial charge in [0, 0.05) is 26.4 Å². The Kier molecular flexibility index (Phi) is 7.71. The summed E-state index contributed by atoms with van der Waals surface area (Å²) in [6, 6.07) is 9.89. The summed E-state index contributed by atoms with van der Waals surface area (Å²) in [6.45, 7) is 4.75. The van der Waals surface area contributed by atoms with E-state index < -0.39 is 0 Å². The van der Waals surface area contributed by atoms with Crippen molar-refractivity contribution in [3.63, 3.8) is 0 Å². The van der Waals surface area contributed by atoms with Gasteiger partial charge in [-0.15, -0.1) is 0 Å². The number of benzene rings is 1. The summed E-state index contributed by atoms with van der Waals surface area (Å²) in [4.78, 5) is 25.8. The van der Waals surface area contributed by atoms with Crippen LogP contribution < -0.4 is 5.32 Å². The average Bonchev–Trinajstić information content (AvgIpc) is 2.63. The second kappa shape index (κ2) is 10.0. The van der Waals surface area contributed by atoms with Crippen LogP contribution in [0.2, 0.25) is 0 Å². The molecule has 1 aromatic carbocycles. The van der Waals surface area contributed by atoms with Gasteiger partial charge in [0.25, 0.3) is 0 Å². The summed E-state index contributed by atoms with van der Waals surface area (Å²) in [5, 5.41) is 3.01. The third-order valence-corrected chi connectivity index (χ3v) is 4.82. The molecule has 1 aromatic rings. The van der Waals surface area contributed by atoms with E-state index in [0.717, 1.165) is 24.8 Å². The first-order valence-electron chi connectivity index (χ1n) is 9.34. The molecule has 2 rings (SSSR count). The minimum Gasteiger partial charge on any atom is -0.350 e. The maximum absolute atomic E-state index is 12.2. The molecule has 0 saturated heterocycles. The zero-order valence-corrected chi connectivity index (χ0v) is 15.5. The van der Waals surface area contributed by atoms with Crippen LogP contribution in [0, 0.1) is 0 Å². The molecule has 0 spiro atoms. The highest BCUT2D eigenvalue weighted by molar-refractivity contribution is 5.78. The monoisotopic (exact) mass is 342 g/mol. The summed E-state index contributed by atoms with van der Waals surface area (Å²) >= 11 is 0. The van der Waals surface area contributed by atoms with E-state index in [-0.39, 0.29) is 17.9 Å². The van der Waals surface area contributed by atoms with Crippen LogP contribution in [0.4, 0.5) is 0 Å². The number of carbonyl (C=O) groups is 2. The molecule has 4 heteroatoms. The molecule has 1 atom stereocenters. The van der Waals surface area contributed by atoms with Crippen molar-refractivity contribution in [2.45, 2.75) is 58.4 Å². The Morgan fingerprint density at radius 1 is 1.16 bits per heavy atom. The van der Waals surface area contributed by atoms with E-state index in [1.165, 1.54) is 18.4 Å². The number of carbonyl (C=O) groups excluding carboxylic acids is 2. The highest BCUT2D eigenvalue weighted by Crippen LogP contribution is 2.20. The fourth-order valence-corrected chi connectivity index (χ4v) is 3.21. The molecule has 0 radical (unpaired) electrons. The van der Waals surface area contributed by atoms with Gasteiger partial charge in [-0.1, -0.05) is 42.0 Å². The Morgan fingerprint density at radius 2 is 1.92 bits per heavy atom. The minimum absolute atomic E-state index is 0.0144. The molecule has 25 heavy (non-hydrogen) atoms. The summed E-state index contributed by atoms with van der Waals surface area (Å²) < 4.78 is 0. The van der Waals surface area contributed by atoms with Gasteiger partial charge in [-0.25, -0.2) is 0 Å². The summed E-state index contributed by atoms with van der Waals surface area (Å²) in [6.07, 6.45) is 8.44. The second-order valence-corrected chi connectivity index (χ2v) is 6.81. The Balaban J connectivity index is 1.76. The molecule has 1 aliphatic carbocycles. The normalized spacial score (nSPS) is 15.2. The van der Waals surface area contributed by atoms with Crippen molar-refractivity contribution in [2.75, 3.05) is 13.1 Å². The lowest BCUT2D eigenvalue weighted by molar-refractivity contribution is -0.129. The molecular formula is C21H30N2O2. The van der Waals surface area contributed by atoms with Crippen LogP contribution in [0.15, 0.2) is 42.0 Å². The van der Waals surface area contributed by atoms with Crippen molar-refractivity contribution < 1.29 is 9.59 Å². The summed E-state index contributed by atoms with van der Waals surface area (Å²) in [5.41, 5.74) is 2.54. The minimum atomic E-state index is -0.0214. The van der Waals surface area contributed by atoms with E-state index in [1.54, 1.807) is 11.8 Å². The number of amides is 2. The lowest BCUT2D eigenvalue weighted by Crippen LogP contribution is -2.35. The molecule has 0 bridgehead atoms. The first-order chi connectivity index (χ1) is 12.1. The van der Waals surface area contributed by atoms with Crippen LogP contribution in [0.3, 0.4) is 0 Å². The Bertz CT molecular complexity index is 595. The van der Waals surface area contributed by atoms with E-state index in [1.807, 2.05) is 37.3 Å². The topological polar surface area (TPSA) is 49.4 Å². The Hall–Kier alpha value is -2.10.